The zero-order valence-electron chi connectivity index (χ0n) is 16.3. The maximum Gasteiger partial charge on any atom is 0.326 e. The number of hydrogen-bond acceptors (Lipinski definition) is 4. The van der Waals surface area contributed by atoms with Crippen LogP contribution in [0.2, 0.25) is 0 Å². The summed E-state index contributed by atoms with van der Waals surface area (Å²) in [7, 11) is 0. The van der Waals surface area contributed by atoms with E-state index in [9.17, 15) is 14.7 Å². The number of anilines is 1. The molecule has 6 nitrogen and oxygen atoms in total. The Bertz CT molecular complexity index is 962. The Morgan fingerprint density at radius 3 is 2.00 bits per heavy atom. The Morgan fingerprint density at radius 1 is 0.964 bits per heavy atom. The third kappa shape index (κ3) is 4.22. The van der Waals surface area contributed by atoms with Crippen molar-refractivity contribution in [3.63, 3.8) is 0 Å². The first-order chi connectivity index (χ1) is 13.4. The molecule has 2 atom stereocenters. The number of rotatable bonds is 7. The minimum Gasteiger partial charge on any atom is -0.480 e. The average Bonchev–Trinajstić information content (AvgIpc) is 2.66. The van der Waals surface area contributed by atoms with Crippen LogP contribution in [-0.2, 0) is 9.59 Å². The van der Waals surface area contributed by atoms with Crippen molar-refractivity contribution in [3.8, 4) is 0 Å². The summed E-state index contributed by atoms with van der Waals surface area (Å²) in [5.41, 5.74) is 2.48. The third-order valence-corrected chi connectivity index (χ3v) is 4.66. The standard InChI is InChI=1S/C22H25N3O3/c1-13(2)12-19(22(27)28)25-21(26)14(3)23-20-15-8-4-6-10-17(15)24-18-11-7-5-9-16(18)20/h4-11,13-14,19H,12H2,1-3H3,(H,23,24)(H,25,26)(H,27,28). The van der Waals surface area contributed by atoms with Crippen molar-refractivity contribution in [3.05, 3.63) is 48.5 Å². The van der Waals surface area contributed by atoms with Crippen LogP contribution in [0, 0.1) is 5.92 Å². The second-order valence-corrected chi connectivity index (χ2v) is 7.42. The van der Waals surface area contributed by atoms with Crippen LogP contribution in [0.15, 0.2) is 48.5 Å². The molecule has 146 valence electrons. The van der Waals surface area contributed by atoms with Crippen molar-refractivity contribution in [2.75, 3.05) is 5.32 Å². The predicted molar refractivity (Wildman–Crippen MR) is 111 cm³/mol. The fourth-order valence-electron chi connectivity index (χ4n) is 3.27. The van der Waals surface area contributed by atoms with Crippen LogP contribution in [0.1, 0.15) is 27.2 Å². The van der Waals surface area contributed by atoms with Crippen molar-refractivity contribution >= 4 is 39.4 Å². The lowest BCUT2D eigenvalue weighted by molar-refractivity contribution is -0.142. The molecular formula is C22H25N3O3. The van der Waals surface area contributed by atoms with Gasteiger partial charge in [-0.3, -0.25) is 4.79 Å². The van der Waals surface area contributed by atoms with Crippen LogP contribution < -0.4 is 10.6 Å². The van der Waals surface area contributed by atoms with Crippen LogP contribution >= 0.6 is 0 Å². The first-order valence-corrected chi connectivity index (χ1v) is 9.44. The fourth-order valence-corrected chi connectivity index (χ4v) is 3.27. The molecule has 3 rings (SSSR count). The number of hydrogen-bond donors (Lipinski definition) is 3. The van der Waals surface area contributed by atoms with Crippen molar-refractivity contribution in [1.29, 1.82) is 0 Å². The molecule has 0 saturated heterocycles. The van der Waals surface area contributed by atoms with Gasteiger partial charge in [0.25, 0.3) is 0 Å². The third-order valence-electron chi connectivity index (χ3n) is 4.66. The molecule has 2 unspecified atom stereocenters. The number of pyridine rings is 1. The van der Waals surface area contributed by atoms with Gasteiger partial charge in [-0.15, -0.1) is 0 Å². The Balaban J connectivity index is 1.90. The fraction of sp³-hybridized carbons (Fsp3) is 0.318. The Morgan fingerprint density at radius 2 is 1.50 bits per heavy atom. The van der Waals surface area contributed by atoms with Crippen LogP contribution in [0.4, 0.5) is 5.69 Å². The summed E-state index contributed by atoms with van der Waals surface area (Å²) >= 11 is 0. The van der Waals surface area contributed by atoms with Crippen LogP contribution in [-0.4, -0.2) is 34.1 Å². The number of aromatic nitrogens is 1. The largest absolute Gasteiger partial charge is 0.480 e. The van der Waals surface area contributed by atoms with Gasteiger partial charge in [0.2, 0.25) is 5.91 Å². The smallest absolute Gasteiger partial charge is 0.326 e. The van der Waals surface area contributed by atoms with Crippen molar-refractivity contribution in [2.45, 2.75) is 39.3 Å². The number of amides is 1. The number of nitrogens with zero attached hydrogens (tertiary/aromatic N) is 1. The molecule has 1 amide bonds. The molecule has 3 N–H and O–H groups in total. The highest BCUT2D eigenvalue weighted by Crippen LogP contribution is 2.31. The van der Waals surface area contributed by atoms with Gasteiger partial charge in [0.15, 0.2) is 0 Å². The second kappa shape index (κ2) is 8.25. The molecule has 0 bridgehead atoms. The number of benzene rings is 2. The number of carbonyl (C=O) groups is 2. The first-order valence-electron chi connectivity index (χ1n) is 9.44. The van der Waals surface area contributed by atoms with Gasteiger partial charge in [-0.2, -0.15) is 0 Å². The highest BCUT2D eigenvalue weighted by atomic mass is 16.4. The van der Waals surface area contributed by atoms with Gasteiger partial charge in [-0.1, -0.05) is 50.2 Å². The summed E-state index contributed by atoms with van der Waals surface area (Å²) in [5, 5.41) is 17.1. The molecule has 0 aliphatic rings. The van der Waals surface area contributed by atoms with E-state index in [1.54, 1.807) is 6.92 Å². The molecular weight excluding hydrogens is 354 g/mol. The van der Waals surface area contributed by atoms with Crippen LogP contribution in [0.5, 0.6) is 0 Å². The van der Waals surface area contributed by atoms with Gasteiger partial charge in [-0.05, 0) is 31.4 Å². The van der Waals surface area contributed by atoms with Crippen molar-refractivity contribution in [1.82, 2.24) is 10.3 Å². The summed E-state index contributed by atoms with van der Waals surface area (Å²) in [6.07, 6.45) is 0.384. The number of fused-ring (bicyclic) bond motifs is 2. The zero-order chi connectivity index (χ0) is 20.3. The number of carbonyl (C=O) groups excluding carboxylic acids is 1. The van der Waals surface area contributed by atoms with E-state index in [1.165, 1.54) is 0 Å². The summed E-state index contributed by atoms with van der Waals surface area (Å²) in [5.74, 6) is -1.20. The van der Waals surface area contributed by atoms with E-state index in [2.05, 4.69) is 15.6 Å². The van der Waals surface area contributed by atoms with E-state index in [-0.39, 0.29) is 11.8 Å². The lowest BCUT2D eigenvalue weighted by Crippen LogP contribution is -2.47. The van der Waals surface area contributed by atoms with Crippen molar-refractivity contribution in [2.24, 2.45) is 5.92 Å². The number of para-hydroxylation sites is 2. The monoisotopic (exact) mass is 379 g/mol. The summed E-state index contributed by atoms with van der Waals surface area (Å²) in [6.45, 7) is 5.59. The van der Waals surface area contributed by atoms with E-state index < -0.39 is 18.1 Å². The molecule has 3 aromatic rings. The van der Waals surface area contributed by atoms with Crippen molar-refractivity contribution < 1.29 is 14.7 Å². The maximum absolute atomic E-state index is 12.7. The normalized spacial score (nSPS) is 13.4. The summed E-state index contributed by atoms with van der Waals surface area (Å²) in [6, 6.07) is 14.0. The van der Waals surface area contributed by atoms with E-state index in [4.69, 9.17) is 0 Å². The van der Waals surface area contributed by atoms with Gasteiger partial charge < -0.3 is 15.7 Å². The van der Waals surface area contributed by atoms with E-state index >= 15 is 0 Å². The van der Waals surface area contributed by atoms with Gasteiger partial charge >= 0.3 is 5.97 Å². The molecule has 6 heteroatoms. The van der Waals surface area contributed by atoms with Gasteiger partial charge in [0, 0.05) is 10.8 Å². The number of carboxylic acids is 1. The molecule has 28 heavy (non-hydrogen) atoms. The minimum absolute atomic E-state index is 0.165. The molecule has 1 aromatic heterocycles. The number of aliphatic carboxylic acids is 1. The van der Waals surface area contributed by atoms with Gasteiger partial charge in [0.05, 0.1) is 16.7 Å². The van der Waals surface area contributed by atoms with E-state index in [0.29, 0.717) is 6.42 Å². The molecule has 0 spiro atoms. The van der Waals surface area contributed by atoms with Gasteiger partial charge in [0.1, 0.15) is 12.1 Å². The van der Waals surface area contributed by atoms with Gasteiger partial charge in [-0.25, -0.2) is 9.78 Å². The highest BCUT2D eigenvalue weighted by Gasteiger charge is 2.24. The molecule has 2 aromatic carbocycles. The zero-order valence-corrected chi connectivity index (χ0v) is 16.3. The average molecular weight is 379 g/mol. The summed E-state index contributed by atoms with van der Waals surface area (Å²) < 4.78 is 0. The Labute approximate surface area is 164 Å². The molecule has 1 heterocycles. The SMILES string of the molecule is CC(C)CC(NC(=O)C(C)Nc1c2ccccc2nc2ccccc12)C(=O)O. The highest BCUT2D eigenvalue weighted by molar-refractivity contribution is 6.08. The quantitative estimate of drug-likeness (QED) is 0.543. The lowest BCUT2D eigenvalue weighted by Gasteiger charge is -2.22. The number of carboxylic acid groups (broad SMARTS) is 1. The molecule has 0 fully saturated rings. The van der Waals surface area contributed by atoms with E-state index in [0.717, 1.165) is 27.5 Å². The Kier molecular flexibility index (Phi) is 5.78. The van der Waals surface area contributed by atoms with Crippen LogP contribution in [0.3, 0.4) is 0 Å². The molecule has 0 aliphatic carbocycles. The predicted octanol–water partition coefficient (Wildman–Crippen LogP) is 3.80. The second-order valence-electron chi connectivity index (χ2n) is 7.42. The van der Waals surface area contributed by atoms with E-state index in [1.807, 2.05) is 62.4 Å². The molecule has 0 radical (unpaired) electrons. The minimum atomic E-state index is -1.02. The summed E-state index contributed by atoms with van der Waals surface area (Å²) in [4.78, 5) is 28.8. The molecule has 0 aliphatic heterocycles. The topological polar surface area (TPSA) is 91.3 Å². The maximum atomic E-state index is 12.7. The first kappa shape index (κ1) is 19.6. The Hall–Kier alpha value is -3.15. The molecule has 0 saturated carbocycles. The number of nitrogens with one attached hydrogen (secondary N) is 2. The lowest BCUT2D eigenvalue weighted by atomic mass is 10.0. The van der Waals surface area contributed by atoms with Crippen LogP contribution in [0.25, 0.3) is 21.8 Å².